The summed E-state index contributed by atoms with van der Waals surface area (Å²) < 4.78 is 11.0. The fraction of sp³-hybridized carbons (Fsp3) is 0.800. The van der Waals surface area contributed by atoms with Gasteiger partial charge in [0, 0.05) is 31.2 Å². The van der Waals surface area contributed by atoms with Crippen LogP contribution in [0.1, 0.15) is 55.6 Å². The van der Waals surface area contributed by atoms with Gasteiger partial charge in [-0.2, -0.15) is 0 Å². The molecule has 0 unspecified atom stereocenters. The molecule has 1 aromatic heterocycles. The van der Waals surface area contributed by atoms with Crippen molar-refractivity contribution in [3.63, 3.8) is 0 Å². The van der Waals surface area contributed by atoms with E-state index in [0.717, 1.165) is 30.1 Å². The van der Waals surface area contributed by atoms with Crippen molar-refractivity contribution in [2.75, 3.05) is 14.2 Å². The zero-order chi connectivity index (χ0) is 14.8. The fourth-order valence-electron chi connectivity index (χ4n) is 2.31. The molecule has 1 fully saturated rings. The van der Waals surface area contributed by atoms with Crippen molar-refractivity contribution < 1.29 is 9.47 Å². The lowest BCUT2D eigenvalue weighted by molar-refractivity contribution is -0.0781. The van der Waals surface area contributed by atoms with Crippen LogP contribution in [0, 0.1) is 0 Å². The highest BCUT2D eigenvalue weighted by atomic mass is 32.1. The van der Waals surface area contributed by atoms with Crippen LogP contribution in [0.4, 0.5) is 0 Å². The molecule has 0 atom stereocenters. The van der Waals surface area contributed by atoms with E-state index in [1.807, 2.05) is 0 Å². The fourth-order valence-corrected chi connectivity index (χ4v) is 3.54. The van der Waals surface area contributed by atoms with E-state index in [1.165, 1.54) is 11.3 Å². The maximum Gasteiger partial charge on any atom is 0.125 e. The number of thiazole rings is 1. The Morgan fingerprint density at radius 1 is 1.30 bits per heavy atom. The lowest BCUT2D eigenvalue weighted by Crippen LogP contribution is -2.36. The van der Waals surface area contributed by atoms with E-state index in [-0.39, 0.29) is 11.1 Å². The first-order valence-corrected chi connectivity index (χ1v) is 8.00. The first-order chi connectivity index (χ1) is 9.40. The predicted molar refractivity (Wildman–Crippen MR) is 82.0 cm³/mol. The molecule has 114 valence electrons. The molecule has 0 bridgehead atoms. The quantitative estimate of drug-likeness (QED) is 0.876. The monoisotopic (exact) mass is 298 g/mol. The summed E-state index contributed by atoms with van der Waals surface area (Å²) in [5.74, 6) is 0. The minimum atomic E-state index is -0.132. The van der Waals surface area contributed by atoms with Crippen LogP contribution in [0.3, 0.4) is 0 Å². The molecule has 0 saturated heterocycles. The molecule has 20 heavy (non-hydrogen) atoms. The number of methoxy groups -OCH3 is 2. The molecule has 0 aliphatic heterocycles. The summed E-state index contributed by atoms with van der Waals surface area (Å²) >= 11 is 1.77. The molecule has 0 spiro atoms. The zero-order valence-electron chi connectivity index (χ0n) is 13.2. The molecular formula is C15H26N2O2S. The standard InChI is InChI=1S/C15H26N2O2S/c1-14(2,3)16-9-12-11(10-18-4)17-13(20-12)15(19-5)7-6-8-15/h16H,6-10H2,1-5H3. The zero-order valence-corrected chi connectivity index (χ0v) is 14.0. The van der Waals surface area contributed by atoms with Crippen LogP contribution in [0.15, 0.2) is 0 Å². The number of rotatable bonds is 6. The van der Waals surface area contributed by atoms with Crippen LogP contribution >= 0.6 is 11.3 Å². The van der Waals surface area contributed by atoms with Crippen molar-refractivity contribution in [1.29, 1.82) is 0 Å². The summed E-state index contributed by atoms with van der Waals surface area (Å²) in [4.78, 5) is 6.06. The molecule has 1 heterocycles. The Bertz CT molecular complexity index is 442. The molecule has 2 rings (SSSR count). The summed E-state index contributed by atoms with van der Waals surface area (Å²) in [6.45, 7) is 7.92. The average molecular weight is 298 g/mol. The van der Waals surface area contributed by atoms with E-state index >= 15 is 0 Å². The van der Waals surface area contributed by atoms with Gasteiger partial charge in [-0.15, -0.1) is 11.3 Å². The lowest BCUT2D eigenvalue weighted by Gasteiger charge is -2.38. The maximum absolute atomic E-state index is 5.74. The molecule has 0 amide bonds. The van der Waals surface area contributed by atoms with Crippen molar-refractivity contribution in [3.8, 4) is 0 Å². The highest BCUT2D eigenvalue weighted by Gasteiger charge is 2.42. The van der Waals surface area contributed by atoms with Crippen molar-refractivity contribution in [2.45, 2.75) is 64.3 Å². The Morgan fingerprint density at radius 3 is 2.45 bits per heavy atom. The van der Waals surface area contributed by atoms with Gasteiger partial charge in [-0.1, -0.05) is 0 Å². The first kappa shape index (κ1) is 15.9. The van der Waals surface area contributed by atoms with Crippen LogP contribution in [0.2, 0.25) is 0 Å². The Morgan fingerprint density at radius 2 is 2.00 bits per heavy atom. The third-order valence-corrected chi connectivity index (χ3v) is 5.06. The third kappa shape index (κ3) is 3.39. The van der Waals surface area contributed by atoms with Crippen LogP contribution < -0.4 is 5.32 Å². The van der Waals surface area contributed by atoms with Crippen LogP contribution in [0.5, 0.6) is 0 Å². The molecule has 0 radical (unpaired) electrons. The third-order valence-electron chi connectivity index (χ3n) is 3.78. The second-order valence-electron chi connectivity index (χ2n) is 6.48. The SMILES string of the molecule is COCc1nc(C2(OC)CCC2)sc1CNC(C)(C)C. The van der Waals surface area contributed by atoms with E-state index in [9.17, 15) is 0 Å². The van der Waals surface area contributed by atoms with Crippen LogP contribution in [0.25, 0.3) is 0 Å². The number of nitrogens with zero attached hydrogens (tertiary/aromatic N) is 1. The number of aromatic nitrogens is 1. The van der Waals surface area contributed by atoms with E-state index in [4.69, 9.17) is 14.5 Å². The second kappa shape index (κ2) is 6.10. The molecule has 5 heteroatoms. The number of hydrogen-bond acceptors (Lipinski definition) is 5. The molecule has 1 saturated carbocycles. The predicted octanol–water partition coefficient (Wildman–Crippen LogP) is 3.20. The van der Waals surface area contributed by atoms with Crippen molar-refractivity contribution in [2.24, 2.45) is 0 Å². The van der Waals surface area contributed by atoms with Gasteiger partial charge in [-0.25, -0.2) is 4.98 Å². The molecule has 1 N–H and O–H groups in total. The molecule has 1 aliphatic carbocycles. The summed E-state index contributed by atoms with van der Waals surface area (Å²) in [5.41, 5.74) is 1.02. The largest absolute Gasteiger partial charge is 0.378 e. The summed E-state index contributed by atoms with van der Waals surface area (Å²) in [6.07, 6.45) is 3.38. The Hall–Kier alpha value is -0.490. The minimum Gasteiger partial charge on any atom is -0.378 e. The second-order valence-corrected chi connectivity index (χ2v) is 7.56. The maximum atomic E-state index is 5.74. The van der Waals surface area contributed by atoms with Gasteiger partial charge >= 0.3 is 0 Å². The normalized spacial score (nSPS) is 18.1. The van der Waals surface area contributed by atoms with Crippen LogP contribution in [-0.2, 0) is 28.2 Å². The van der Waals surface area contributed by atoms with E-state index < -0.39 is 0 Å². The number of hydrogen-bond donors (Lipinski definition) is 1. The highest BCUT2D eigenvalue weighted by molar-refractivity contribution is 7.11. The Labute approximate surface area is 125 Å². The Balaban J connectivity index is 2.19. The van der Waals surface area contributed by atoms with Gasteiger partial charge in [0.15, 0.2) is 0 Å². The molecule has 1 aromatic rings. The van der Waals surface area contributed by atoms with Crippen molar-refractivity contribution in [3.05, 3.63) is 15.6 Å². The minimum absolute atomic E-state index is 0.101. The topological polar surface area (TPSA) is 43.4 Å². The average Bonchev–Trinajstić information content (AvgIpc) is 2.69. The molecule has 4 nitrogen and oxygen atoms in total. The Kier molecular flexibility index (Phi) is 4.84. The van der Waals surface area contributed by atoms with E-state index in [2.05, 4.69) is 26.1 Å². The first-order valence-electron chi connectivity index (χ1n) is 7.18. The van der Waals surface area contributed by atoms with Crippen molar-refractivity contribution in [1.82, 2.24) is 10.3 Å². The van der Waals surface area contributed by atoms with Gasteiger partial charge in [0.1, 0.15) is 10.6 Å². The number of nitrogens with one attached hydrogen (secondary N) is 1. The summed E-state index contributed by atoms with van der Waals surface area (Å²) in [6, 6.07) is 0. The van der Waals surface area contributed by atoms with Gasteiger partial charge in [0.05, 0.1) is 12.3 Å². The lowest BCUT2D eigenvalue weighted by atomic mass is 9.80. The van der Waals surface area contributed by atoms with Gasteiger partial charge < -0.3 is 14.8 Å². The van der Waals surface area contributed by atoms with Crippen molar-refractivity contribution >= 4 is 11.3 Å². The molecule has 1 aliphatic rings. The summed E-state index contributed by atoms with van der Waals surface area (Å²) in [5, 5.41) is 4.64. The highest BCUT2D eigenvalue weighted by Crippen LogP contribution is 2.46. The number of ether oxygens (including phenoxy) is 2. The van der Waals surface area contributed by atoms with E-state index in [1.54, 1.807) is 25.6 Å². The van der Waals surface area contributed by atoms with Gasteiger partial charge in [0.2, 0.25) is 0 Å². The molecule has 0 aromatic carbocycles. The van der Waals surface area contributed by atoms with Gasteiger partial charge in [0.25, 0.3) is 0 Å². The van der Waals surface area contributed by atoms with Crippen LogP contribution in [-0.4, -0.2) is 24.7 Å². The molecular weight excluding hydrogens is 272 g/mol. The summed E-state index contributed by atoms with van der Waals surface area (Å²) in [7, 11) is 3.51. The van der Waals surface area contributed by atoms with Gasteiger partial charge in [-0.3, -0.25) is 0 Å². The van der Waals surface area contributed by atoms with E-state index in [0.29, 0.717) is 6.61 Å². The van der Waals surface area contributed by atoms with Gasteiger partial charge in [-0.05, 0) is 40.0 Å². The smallest absolute Gasteiger partial charge is 0.125 e.